The lowest BCUT2D eigenvalue weighted by molar-refractivity contribution is 0.146. The van der Waals surface area contributed by atoms with E-state index in [1.807, 2.05) is 30.3 Å². The van der Waals surface area contributed by atoms with Gasteiger partial charge in [-0.1, -0.05) is 30.3 Å². The molecule has 106 valence electrons. The van der Waals surface area contributed by atoms with E-state index >= 15 is 0 Å². The van der Waals surface area contributed by atoms with Gasteiger partial charge in [0.25, 0.3) is 0 Å². The van der Waals surface area contributed by atoms with Crippen LogP contribution in [0.25, 0.3) is 0 Å². The maximum Gasteiger partial charge on any atom is 0.172 e. The van der Waals surface area contributed by atoms with Crippen LogP contribution in [0.1, 0.15) is 23.3 Å². The van der Waals surface area contributed by atoms with Crippen LogP contribution in [0.2, 0.25) is 0 Å². The molecule has 5 heteroatoms. The first-order chi connectivity index (χ1) is 9.54. The summed E-state index contributed by atoms with van der Waals surface area (Å²) < 4.78 is 5.52. The Balaban J connectivity index is 2.34. The monoisotopic (exact) mass is 337 g/mol. The van der Waals surface area contributed by atoms with E-state index in [0.717, 1.165) is 5.56 Å². The van der Waals surface area contributed by atoms with E-state index in [-0.39, 0.29) is 11.5 Å². The number of halogens is 1. The topological polar surface area (TPSA) is 75.7 Å². The summed E-state index contributed by atoms with van der Waals surface area (Å²) in [5, 5.41) is 20.2. The van der Waals surface area contributed by atoms with Crippen molar-refractivity contribution in [1.29, 1.82) is 0 Å². The van der Waals surface area contributed by atoms with Crippen molar-refractivity contribution in [3.8, 4) is 11.5 Å². The number of benzene rings is 2. The minimum atomic E-state index is -0.900. The van der Waals surface area contributed by atoms with Crippen molar-refractivity contribution >= 4 is 15.9 Å². The number of hydrogen-bond donors (Lipinski definition) is 3. The highest BCUT2D eigenvalue weighted by Gasteiger charge is 2.21. The van der Waals surface area contributed by atoms with Gasteiger partial charge < -0.3 is 20.7 Å². The number of ether oxygens (including phenoxy) is 1. The number of nitrogens with two attached hydrogens (primary N) is 1. The lowest BCUT2D eigenvalue weighted by atomic mass is 9.96. The van der Waals surface area contributed by atoms with Gasteiger partial charge in [0.15, 0.2) is 11.5 Å². The van der Waals surface area contributed by atoms with Gasteiger partial charge in [0.1, 0.15) is 0 Å². The first kappa shape index (κ1) is 14.8. The summed E-state index contributed by atoms with van der Waals surface area (Å²) in [5.41, 5.74) is 7.49. The fourth-order valence-corrected chi connectivity index (χ4v) is 2.44. The zero-order valence-corrected chi connectivity index (χ0v) is 12.5. The van der Waals surface area contributed by atoms with Gasteiger partial charge in [-0.3, -0.25) is 0 Å². The quantitative estimate of drug-likeness (QED) is 0.801. The largest absolute Gasteiger partial charge is 0.503 e. The van der Waals surface area contributed by atoms with Gasteiger partial charge in [-0.15, -0.1) is 0 Å². The Kier molecular flexibility index (Phi) is 4.65. The van der Waals surface area contributed by atoms with Gasteiger partial charge in [0, 0.05) is 0 Å². The predicted molar refractivity (Wildman–Crippen MR) is 80.7 cm³/mol. The summed E-state index contributed by atoms with van der Waals surface area (Å²) in [6.45, 7) is 0. The maximum atomic E-state index is 10.4. The third-order valence-corrected chi connectivity index (χ3v) is 3.74. The Hall–Kier alpha value is -1.56. The van der Waals surface area contributed by atoms with Crippen molar-refractivity contribution in [3.63, 3.8) is 0 Å². The molecule has 0 aliphatic rings. The number of hydrogen-bond acceptors (Lipinski definition) is 4. The molecule has 4 nitrogen and oxygen atoms in total. The molecule has 0 heterocycles. The summed E-state index contributed by atoms with van der Waals surface area (Å²) in [7, 11) is 1.45. The standard InChI is InChI=1S/C15H16BrNO3/c1-20-12-8-10(7-11(16)15(12)19)14(18)13(17)9-5-3-2-4-6-9/h2-8,13-14,18-19H,17H2,1H3. The molecule has 2 aromatic rings. The Morgan fingerprint density at radius 1 is 1.15 bits per heavy atom. The highest BCUT2D eigenvalue weighted by molar-refractivity contribution is 9.10. The van der Waals surface area contributed by atoms with E-state index in [0.29, 0.717) is 10.0 Å². The molecule has 0 aliphatic heterocycles. The average molecular weight is 338 g/mol. The molecular weight excluding hydrogens is 322 g/mol. The Bertz CT molecular complexity index is 589. The number of methoxy groups -OCH3 is 1. The highest BCUT2D eigenvalue weighted by Crippen LogP contribution is 2.38. The Labute approximate surface area is 125 Å². The maximum absolute atomic E-state index is 10.4. The fourth-order valence-electron chi connectivity index (χ4n) is 1.99. The molecule has 0 saturated heterocycles. The molecular formula is C15H16BrNO3. The molecule has 0 saturated carbocycles. The van der Waals surface area contributed by atoms with Gasteiger partial charge >= 0.3 is 0 Å². The summed E-state index contributed by atoms with van der Waals surface area (Å²) in [6.07, 6.45) is -0.900. The van der Waals surface area contributed by atoms with Crippen LogP contribution < -0.4 is 10.5 Å². The minimum absolute atomic E-state index is 0.00303. The number of phenolic OH excluding ortho intramolecular Hbond substituents is 1. The van der Waals surface area contributed by atoms with Crippen LogP contribution in [0.3, 0.4) is 0 Å². The molecule has 0 fully saturated rings. The summed E-state index contributed by atoms with van der Waals surface area (Å²) in [5.74, 6) is 0.283. The number of aliphatic hydroxyl groups is 1. The van der Waals surface area contributed by atoms with Crippen LogP contribution in [-0.2, 0) is 0 Å². The molecule has 0 aromatic heterocycles. The van der Waals surface area contributed by atoms with E-state index in [9.17, 15) is 10.2 Å². The molecule has 4 N–H and O–H groups in total. The van der Waals surface area contributed by atoms with Gasteiger partial charge in [-0.2, -0.15) is 0 Å². The molecule has 2 rings (SSSR count). The van der Waals surface area contributed by atoms with Gasteiger partial charge in [0.2, 0.25) is 0 Å². The molecule has 0 bridgehead atoms. The van der Waals surface area contributed by atoms with E-state index in [2.05, 4.69) is 15.9 Å². The first-order valence-corrected chi connectivity index (χ1v) is 6.89. The molecule has 0 aliphatic carbocycles. The molecule has 2 aromatic carbocycles. The molecule has 20 heavy (non-hydrogen) atoms. The number of phenols is 1. The number of aromatic hydroxyl groups is 1. The predicted octanol–water partition coefficient (Wildman–Crippen LogP) is 2.90. The molecule has 0 amide bonds. The van der Waals surface area contributed by atoms with Crippen LogP contribution in [0.5, 0.6) is 11.5 Å². The number of aliphatic hydroxyl groups excluding tert-OH is 1. The van der Waals surface area contributed by atoms with Crippen molar-refractivity contribution in [1.82, 2.24) is 0 Å². The van der Waals surface area contributed by atoms with Crippen LogP contribution in [0.4, 0.5) is 0 Å². The molecule has 2 atom stereocenters. The smallest absolute Gasteiger partial charge is 0.172 e. The Morgan fingerprint density at radius 3 is 2.40 bits per heavy atom. The van der Waals surface area contributed by atoms with Gasteiger partial charge in [0.05, 0.1) is 23.7 Å². The lowest BCUT2D eigenvalue weighted by Gasteiger charge is -2.20. The number of rotatable bonds is 4. The third-order valence-electron chi connectivity index (χ3n) is 3.14. The zero-order valence-electron chi connectivity index (χ0n) is 11.0. The van der Waals surface area contributed by atoms with E-state index in [4.69, 9.17) is 10.5 Å². The first-order valence-electron chi connectivity index (χ1n) is 6.09. The second kappa shape index (κ2) is 6.26. The fraction of sp³-hybridized carbons (Fsp3) is 0.200. The zero-order chi connectivity index (χ0) is 14.7. The summed E-state index contributed by atoms with van der Waals surface area (Å²) >= 11 is 3.23. The van der Waals surface area contributed by atoms with Crippen LogP contribution in [-0.4, -0.2) is 17.3 Å². The second-order valence-electron chi connectivity index (χ2n) is 4.43. The minimum Gasteiger partial charge on any atom is -0.503 e. The highest BCUT2D eigenvalue weighted by atomic mass is 79.9. The normalized spacial score (nSPS) is 13.8. The van der Waals surface area contributed by atoms with Crippen molar-refractivity contribution in [2.75, 3.05) is 7.11 Å². The van der Waals surface area contributed by atoms with Crippen molar-refractivity contribution in [2.45, 2.75) is 12.1 Å². The van der Waals surface area contributed by atoms with Crippen LogP contribution >= 0.6 is 15.9 Å². The van der Waals surface area contributed by atoms with E-state index < -0.39 is 12.1 Å². The molecule has 0 radical (unpaired) electrons. The van der Waals surface area contributed by atoms with Gasteiger partial charge in [-0.25, -0.2) is 0 Å². The van der Waals surface area contributed by atoms with Gasteiger partial charge in [-0.05, 0) is 39.2 Å². The molecule has 0 spiro atoms. The van der Waals surface area contributed by atoms with Crippen molar-refractivity contribution in [3.05, 3.63) is 58.1 Å². The molecule has 2 unspecified atom stereocenters. The van der Waals surface area contributed by atoms with Crippen LogP contribution in [0, 0.1) is 0 Å². The average Bonchev–Trinajstić information content (AvgIpc) is 2.49. The van der Waals surface area contributed by atoms with E-state index in [1.54, 1.807) is 12.1 Å². The second-order valence-corrected chi connectivity index (χ2v) is 5.29. The van der Waals surface area contributed by atoms with Crippen molar-refractivity contribution in [2.24, 2.45) is 5.73 Å². The van der Waals surface area contributed by atoms with Crippen LogP contribution in [0.15, 0.2) is 46.9 Å². The lowest BCUT2D eigenvalue weighted by Crippen LogP contribution is -2.19. The summed E-state index contributed by atoms with van der Waals surface area (Å²) in [6, 6.07) is 12.0. The SMILES string of the molecule is COc1cc(C(O)C(N)c2ccccc2)cc(Br)c1O. The van der Waals surface area contributed by atoms with E-state index in [1.165, 1.54) is 7.11 Å². The van der Waals surface area contributed by atoms with Crippen molar-refractivity contribution < 1.29 is 14.9 Å². The Morgan fingerprint density at radius 2 is 1.80 bits per heavy atom. The third kappa shape index (κ3) is 2.95. The summed E-state index contributed by atoms with van der Waals surface area (Å²) in [4.78, 5) is 0.